The van der Waals surface area contributed by atoms with Crippen molar-refractivity contribution < 1.29 is 14.3 Å². The molecule has 0 heterocycles. The van der Waals surface area contributed by atoms with Crippen molar-refractivity contribution in [1.29, 1.82) is 0 Å². The van der Waals surface area contributed by atoms with Gasteiger partial charge in [0.05, 0.1) is 17.8 Å². The van der Waals surface area contributed by atoms with E-state index >= 15 is 0 Å². The largest absolute Gasteiger partial charge is 0.491 e. The minimum Gasteiger partial charge on any atom is -0.491 e. The fourth-order valence-electron chi connectivity index (χ4n) is 1.28. The van der Waals surface area contributed by atoms with Gasteiger partial charge in [-0.25, -0.2) is 4.79 Å². The Morgan fingerprint density at radius 2 is 1.76 bits per heavy atom. The molecule has 0 amide bonds. The van der Waals surface area contributed by atoms with E-state index in [1.807, 2.05) is 27.7 Å². The highest BCUT2D eigenvalue weighted by atomic mass is 16.5. The van der Waals surface area contributed by atoms with Crippen LogP contribution in [0.4, 0.5) is 0 Å². The van der Waals surface area contributed by atoms with Crippen LogP contribution in [0.15, 0.2) is 24.3 Å². The highest BCUT2D eigenvalue weighted by molar-refractivity contribution is 5.89. The van der Waals surface area contributed by atoms with Crippen molar-refractivity contribution in [3.05, 3.63) is 29.8 Å². The molecule has 1 aromatic rings. The lowest BCUT2D eigenvalue weighted by atomic mass is 10.2. The van der Waals surface area contributed by atoms with E-state index in [0.717, 1.165) is 12.2 Å². The van der Waals surface area contributed by atoms with Crippen LogP contribution in [0.2, 0.25) is 0 Å². The van der Waals surface area contributed by atoms with Crippen molar-refractivity contribution in [3.63, 3.8) is 0 Å². The van der Waals surface area contributed by atoms with E-state index in [2.05, 4.69) is 0 Å². The lowest BCUT2D eigenvalue weighted by Gasteiger charge is -2.12. The van der Waals surface area contributed by atoms with Crippen LogP contribution < -0.4 is 4.74 Å². The number of hydrogen-bond donors (Lipinski definition) is 0. The number of rotatable bonds is 5. The van der Waals surface area contributed by atoms with Crippen molar-refractivity contribution in [2.75, 3.05) is 0 Å². The van der Waals surface area contributed by atoms with Gasteiger partial charge in [-0.05, 0) is 51.5 Å². The van der Waals surface area contributed by atoms with E-state index in [9.17, 15) is 4.79 Å². The van der Waals surface area contributed by atoms with E-state index < -0.39 is 0 Å². The molecule has 0 spiro atoms. The molecule has 0 aliphatic heterocycles. The van der Waals surface area contributed by atoms with Crippen LogP contribution in [0.1, 0.15) is 44.5 Å². The molecule has 0 aromatic heterocycles. The fraction of sp³-hybridized carbons (Fsp3) is 0.500. The predicted octanol–water partition coefficient (Wildman–Crippen LogP) is 3.43. The summed E-state index contributed by atoms with van der Waals surface area (Å²) >= 11 is 0. The van der Waals surface area contributed by atoms with E-state index in [0.29, 0.717) is 5.56 Å². The highest BCUT2D eigenvalue weighted by Crippen LogP contribution is 2.15. The third-order valence-electron chi connectivity index (χ3n) is 2.34. The van der Waals surface area contributed by atoms with E-state index in [1.54, 1.807) is 24.3 Å². The molecule has 0 radical (unpaired) electrons. The Balaban J connectivity index is 2.64. The zero-order valence-electron chi connectivity index (χ0n) is 10.9. The number of benzene rings is 1. The number of hydrogen-bond acceptors (Lipinski definition) is 3. The average molecular weight is 236 g/mol. The van der Waals surface area contributed by atoms with E-state index in [-0.39, 0.29) is 18.2 Å². The minimum absolute atomic E-state index is 0.0471. The van der Waals surface area contributed by atoms with Crippen molar-refractivity contribution >= 4 is 5.97 Å². The molecule has 1 rings (SSSR count). The molecular weight excluding hydrogens is 216 g/mol. The first kappa shape index (κ1) is 13.6. The third kappa shape index (κ3) is 4.47. The maximum absolute atomic E-state index is 11.7. The molecule has 1 aromatic carbocycles. The molecular formula is C14H20O3. The van der Waals surface area contributed by atoms with Gasteiger partial charge >= 0.3 is 5.97 Å². The number of ether oxygens (including phenoxy) is 2. The lowest BCUT2D eigenvalue weighted by Crippen LogP contribution is -2.14. The van der Waals surface area contributed by atoms with Crippen molar-refractivity contribution in [2.45, 2.75) is 46.3 Å². The normalized spacial score (nSPS) is 12.3. The quantitative estimate of drug-likeness (QED) is 0.735. The van der Waals surface area contributed by atoms with Crippen molar-refractivity contribution in [3.8, 4) is 5.75 Å². The van der Waals surface area contributed by atoms with Gasteiger partial charge in [-0.2, -0.15) is 0 Å². The van der Waals surface area contributed by atoms with Gasteiger partial charge in [0.15, 0.2) is 0 Å². The second-order valence-electron chi connectivity index (χ2n) is 4.32. The Labute approximate surface area is 103 Å². The second kappa shape index (κ2) is 6.28. The van der Waals surface area contributed by atoms with Crippen LogP contribution in [0, 0.1) is 0 Å². The molecule has 0 bridgehead atoms. The van der Waals surface area contributed by atoms with Crippen LogP contribution in [0.25, 0.3) is 0 Å². The molecule has 3 nitrogen and oxygen atoms in total. The van der Waals surface area contributed by atoms with E-state index in [4.69, 9.17) is 9.47 Å². The van der Waals surface area contributed by atoms with E-state index in [1.165, 1.54) is 0 Å². The average Bonchev–Trinajstić information content (AvgIpc) is 2.28. The molecule has 1 unspecified atom stereocenters. The molecule has 0 N–H and O–H groups in total. The summed E-state index contributed by atoms with van der Waals surface area (Å²) in [6.45, 7) is 7.79. The van der Waals surface area contributed by atoms with Crippen LogP contribution in [0.5, 0.6) is 5.75 Å². The SMILES string of the molecule is CCC(C)OC(=O)c1ccc(OC(C)C)cc1. The third-order valence-corrected chi connectivity index (χ3v) is 2.34. The monoisotopic (exact) mass is 236 g/mol. The van der Waals surface area contributed by atoms with Crippen molar-refractivity contribution in [1.82, 2.24) is 0 Å². The molecule has 0 fully saturated rings. The Hall–Kier alpha value is -1.51. The van der Waals surface area contributed by atoms with Crippen LogP contribution in [-0.2, 0) is 4.74 Å². The molecule has 3 heteroatoms. The van der Waals surface area contributed by atoms with Crippen molar-refractivity contribution in [2.24, 2.45) is 0 Å². The van der Waals surface area contributed by atoms with Crippen LogP contribution in [0.3, 0.4) is 0 Å². The molecule has 0 aliphatic rings. The summed E-state index contributed by atoms with van der Waals surface area (Å²) in [6, 6.07) is 7.02. The van der Waals surface area contributed by atoms with Gasteiger partial charge < -0.3 is 9.47 Å². The Morgan fingerprint density at radius 3 is 2.24 bits per heavy atom. The summed E-state index contributed by atoms with van der Waals surface area (Å²) in [6.07, 6.45) is 0.905. The van der Waals surface area contributed by atoms with Crippen LogP contribution in [-0.4, -0.2) is 18.2 Å². The lowest BCUT2D eigenvalue weighted by molar-refractivity contribution is 0.0334. The summed E-state index contributed by atoms with van der Waals surface area (Å²) < 4.78 is 10.7. The summed E-state index contributed by atoms with van der Waals surface area (Å²) in [5.74, 6) is 0.482. The molecule has 17 heavy (non-hydrogen) atoms. The maximum Gasteiger partial charge on any atom is 0.338 e. The minimum atomic E-state index is -0.282. The zero-order valence-corrected chi connectivity index (χ0v) is 10.9. The van der Waals surface area contributed by atoms with Gasteiger partial charge in [0.2, 0.25) is 0 Å². The van der Waals surface area contributed by atoms with Gasteiger partial charge in [-0.1, -0.05) is 6.92 Å². The molecule has 0 saturated heterocycles. The van der Waals surface area contributed by atoms with Gasteiger partial charge in [0, 0.05) is 0 Å². The predicted molar refractivity (Wildman–Crippen MR) is 67.4 cm³/mol. The molecule has 1 atom stereocenters. The first-order chi connectivity index (χ1) is 8.02. The van der Waals surface area contributed by atoms with Gasteiger partial charge in [-0.3, -0.25) is 0 Å². The standard InChI is InChI=1S/C14H20O3/c1-5-11(4)17-14(15)12-6-8-13(9-7-12)16-10(2)3/h6-11H,5H2,1-4H3. The number of esters is 1. The summed E-state index contributed by atoms with van der Waals surface area (Å²) in [5.41, 5.74) is 0.557. The Morgan fingerprint density at radius 1 is 1.18 bits per heavy atom. The summed E-state index contributed by atoms with van der Waals surface area (Å²) in [5, 5.41) is 0. The topological polar surface area (TPSA) is 35.5 Å². The van der Waals surface area contributed by atoms with Gasteiger partial charge in [0.1, 0.15) is 5.75 Å². The highest BCUT2D eigenvalue weighted by Gasteiger charge is 2.10. The first-order valence-corrected chi connectivity index (χ1v) is 6.00. The maximum atomic E-state index is 11.7. The van der Waals surface area contributed by atoms with Crippen LogP contribution >= 0.6 is 0 Å². The Kier molecular flexibility index (Phi) is 5.01. The summed E-state index contributed by atoms with van der Waals surface area (Å²) in [4.78, 5) is 11.7. The van der Waals surface area contributed by atoms with Gasteiger partial charge in [0.25, 0.3) is 0 Å². The fourth-order valence-corrected chi connectivity index (χ4v) is 1.28. The molecule has 0 aliphatic carbocycles. The number of carbonyl (C=O) groups excluding carboxylic acids is 1. The molecule has 94 valence electrons. The Bertz CT molecular complexity index is 354. The number of carbonyl (C=O) groups is 1. The van der Waals surface area contributed by atoms with Gasteiger partial charge in [-0.15, -0.1) is 0 Å². The summed E-state index contributed by atoms with van der Waals surface area (Å²) in [7, 11) is 0. The smallest absolute Gasteiger partial charge is 0.338 e. The zero-order chi connectivity index (χ0) is 12.8. The first-order valence-electron chi connectivity index (χ1n) is 6.00. The second-order valence-corrected chi connectivity index (χ2v) is 4.32. The molecule has 0 saturated carbocycles.